The molecule has 0 aromatic rings. The van der Waals surface area contributed by atoms with E-state index in [4.69, 9.17) is 4.74 Å². The molecule has 1 aliphatic rings. The zero-order chi connectivity index (χ0) is 8.97. The maximum Gasteiger partial charge on any atom is 0.308 e. The summed E-state index contributed by atoms with van der Waals surface area (Å²) < 4.78 is 4.95. The van der Waals surface area contributed by atoms with Gasteiger partial charge >= 0.3 is 5.97 Å². The number of rotatable bonds is 1. The third-order valence-electron chi connectivity index (χ3n) is 1.38. The minimum atomic E-state index is -0.302. The van der Waals surface area contributed by atoms with Gasteiger partial charge in [-0.05, 0) is 30.7 Å². The Balaban J connectivity index is 2.89. The fraction of sp³-hybridized carbons (Fsp3) is 0.200. The normalized spacial score (nSPS) is 14.8. The van der Waals surface area contributed by atoms with Gasteiger partial charge in [-0.25, -0.2) is 0 Å². The quantitative estimate of drug-likeness (QED) is 0.436. The summed E-state index contributed by atoms with van der Waals surface area (Å²) in [6.07, 6.45) is 7.07. The lowest BCUT2D eigenvalue weighted by molar-refractivity contribution is -0.136. The van der Waals surface area contributed by atoms with E-state index in [1.807, 2.05) is 6.92 Å². The van der Waals surface area contributed by atoms with Crippen molar-refractivity contribution in [2.75, 3.05) is 0 Å². The summed E-state index contributed by atoms with van der Waals surface area (Å²) in [4.78, 5) is 10.6. The van der Waals surface area contributed by atoms with E-state index in [1.165, 1.54) is 6.92 Å². The van der Waals surface area contributed by atoms with E-state index in [1.54, 1.807) is 24.3 Å². The predicted molar refractivity (Wildman–Crippen MR) is 46.3 cm³/mol. The minimum absolute atomic E-state index is 0.302. The molecule has 0 saturated heterocycles. The highest BCUT2D eigenvalue weighted by Crippen LogP contribution is 2.11. The topological polar surface area (TPSA) is 26.3 Å². The van der Waals surface area contributed by atoms with Crippen molar-refractivity contribution in [3.8, 4) is 0 Å². The highest BCUT2D eigenvalue weighted by molar-refractivity contribution is 5.68. The van der Waals surface area contributed by atoms with Crippen LogP contribution < -0.4 is 0 Å². The Morgan fingerprint density at radius 2 is 2.33 bits per heavy atom. The maximum absolute atomic E-state index is 10.6. The zero-order valence-electron chi connectivity index (χ0n) is 7.13. The number of ether oxygens (including phenoxy) is 1. The van der Waals surface area contributed by atoms with Gasteiger partial charge in [0.05, 0.1) is 0 Å². The largest absolute Gasteiger partial charge is 0.426 e. The summed E-state index contributed by atoms with van der Waals surface area (Å²) in [6, 6.07) is 0. The number of hydrogen-bond donors (Lipinski definition) is 0. The predicted octanol–water partition coefficient (Wildman–Crippen LogP) is 2.10. The molecule has 12 heavy (non-hydrogen) atoms. The first-order valence-electron chi connectivity index (χ1n) is 3.68. The Morgan fingerprint density at radius 3 is 3.00 bits per heavy atom. The first kappa shape index (κ1) is 8.57. The highest BCUT2D eigenvalue weighted by Gasteiger charge is 2.01. The fourth-order valence-electron chi connectivity index (χ4n) is 0.836. The van der Waals surface area contributed by atoms with Gasteiger partial charge in [0.2, 0.25) is 0 Å². The monoisotopic (exact) mass is 162 g/mol. The van der Waals surface area contributed by atoms with E-state index in [0.717, 1.165) is 5.57 Å². The van der Waals surface area contributed by atoms with Crippen LogP contribution in [0.1, 0.15) is 13.8 Å². The molecule has 0 aromatic heterocycles. The average Bonchev–Trinajstić information content (AvgIpc) is 2.16. The molecule has 62 valence electrons. The number of allylic oxidation sites excluding steroid dienone is 4. The Hall–Kier alpha value is -1.53. The van der Waals surface area contributed by atoms with Gasteiger partial charge in [0.15, 0.2) is 0 Å². The summed E-state index contributed by atoms with van der Waals surface area (Å²) in [5.74, 6) is 0.285. The van der Waals surface area contributed by atoms with Crippen LogP contribution in [0.25, 0.3) is 0 Å². The van der Waals surface area contributed by atoms with Crippen molar-refractivity contribution >= 4 is 5.97 Å². The van der Waals surface area contributed by atoms with E-state index < -0.39 is 0 Å². The molecule has 0 bridgehead atoms. The number of carbonyl (C=O) groups is 1. The lowest BCUT2D eigenvalue weighted by atomic mass is 10.2. The molecule has 0 spiro atoms. The summed E-state index contributed by atoms with van der Waals surface area (Å²) in [5, 5.41) is 0. The van der Waals surface area contributed by atoms with E-state index in [9.17, 15) is 4.79 Å². The van der Waals surface area contributed by atoms with E-state index in [2.05, 4.69) is 5.73 Å². The van der Waals surface area contributed by atoms with Gasteiger partial charge in [0.1, 0.15) is 5.76 Å². The molecule has 2 nitrogen and oxygen atoms in total. The van der Waals surface area contributed by atoms with Gasteiger partial charge in [-0.3, -0.25) is 4.79 Å². The molecule has 1 aliphatic carbocycles. The van der Waals surface area contributed by atoms with Crippen LogP contribution in [-0.4, -0.2) is 5.97 Å². The van der Waals surface area contributed by atoms with Crippen molar-refractivity contribution in [1.82, 2.24) is 0 Å². The third-order valence-corrected chi connectivity index (χ3v) is 1.38. The van der Waals surface area contributed by atoms with Crippen molar-refractivity contribution in [1.29, 1.82) is 0 Å². The molecule has 0 aromatic carbocycles. The second kappa shape index (κ2) is 3.74. The second-order valence-electron chi connectivity index (χ2n) is 2.48. The SMILES string of the molecule is CC(=O)OC1=C(C)C=C=CC=C1. The molecule has 0 unspecified atom stereocenters. The first-order chi connectivity index (χ1) is 5.70. The zero-order valence-corrected chi connectivity index (χ0v) is 7.13. The van der Waals surface area contributed by atoms with Crippen LogP contribution in [0.5, 0.6) is 0 Å². The van der Waals surface area contributed by atoms with Gasteiger partial charge in [-0.1, -0.05) is 6.08 Å². The smallest absolute Gasteiger partial charge is 0.308 e. The van der Waals surface area contributed by atoms with Crippen LogP contribution in [0.4, 0.5) is 0 Å². The van der Waals surface area contributed by atoms with Crippen LogP contribution in [0.15, 0.2) is 41.4 Å². The third kappa shape index (κ3) is 2.26. The van der Waals surface area contributed by atoms with Gasteiger partial charge in [-0.15, -0.1) is 5.73 Å². The standard InChI is InChI=1S/C10H10O2/c1-8-6-4-3-5-7-10(8)12-9(2)11/h3,5-7H,1-2H3. The Morgan fingerprint density at radius 1 is 1.58 bits per heavy atom. The molecule has 0 fully saturated rings. The van der Waals surface area contributed by atoms with Crippen molar-refractivity contribution < 1.29 is 9.53 Å². The van der Waals surface area contributed by atoms with Crippen LogP contribution in [0.3, 0.4) is 0 Å². The second-order valence-corrected chi connectivity index (χ2v) is 2.48. The Labute approximate surface area is 71.5 Å². The minimum Gasteiger partial charge on any atom is -0.426 e. The molecular weight excluding hydrogens is 152 g/mol. The van der Waals surface area contributed by atoms with Crippen molar-refractivity contribution in [3.05, 3.63) is 41.4 Å². The number of esters is 1. The van der Waals surface area contributed by atoms with Crippen molar-refractivity contribution in [2.45, 2.75) is 13.8 Å². The van der Waals surface area contributed by atoms with Crippen LogP contribution in [0.2, 0.25) is 0 Å². The average molecular weight is 162 g/mol. The molecule has 0 N–H and O–H groups in total. The molecule has 2 heteroatoms. The number of hydrogen-bond acceptors (Lipinski definition) is 2. The van der Waals surface area contributed by atoms with E-state index in [-0.39, 0.29) is 5.97 Å². The molecule has 1 rings (SSSR count). The molecule has 0 atom stereocenters. The summed E-state index contributed by atoms with van der Waals surface area (Å²) >= 11 is 0. The Kier molecular flexibility index (Phi) is 2.67. The van der Waals surface area contributed by atoms with Gasteiger partial charge in [0.25, 0.3) is 0 Å². The molecule has 0 radical (unpaired) electrons. The summed E-state index contributed by atoms with van der Waals surface area (Å²) in [6.45, 7) is 3.25. The highest BCUT2D eigenvalue weighted by atomic mass is 16.5. The molecule has 0 amide bonds. The molecule has 0 heterocycles. The number of carbonyl (C=O) groups excluding carboxylic acids is 1. The van der Waals surface area contributed by atoms with Gasteiger partial charge < -0.3 is 4.74 Å². The first-order valence-corrected chi connectivity index (χ1v) is 3.68. The molecular formula is C10H10O2. The maximum atomic E-state index is 10.6. The van der Waals surface area contributed by atoms with Gasteiger partial charge in [0, 0.05) is 6.92 Å². The summed E-state index contributed by atoms with van der Waals surface area (Å²) in [5.41, 5.74) is 3.81. The van der Waals surface area contributed by atoms with Crippen LogP contribution in [0, 0.1) is 0 Å². The molecule has 0 saturated carbocycles. The van der Waals surface area contributed by atoms with Gasteiger partial charge in [-0.2, -0.15) is 0 Å². The Bertz CT molecular complexity index is 313. The fourth-order valence-corrected chi connectivity index (χ4v) is 0.836. The van der Waals surface area contributed by atoms with E-state index >= 15 is 0 Å². The van der Waals surface area contributed by atoms with Crippen LogP contribution in [-0.2, 0) is 9.53 Å². The van der Waals surface area contributed by atoms with Crippen molar-refractivity contribution in [3.63, 3.8) is 0 Å². The van der Waals surface area contributed by atoms with Crippen molar-refractivity contribution in [2.24, 2.45) is 0 Å². The lowest BCUT2D eigenvalue weighted by Crippen LogP contribution is -1.98. The lowest BCUT2D eigenvalue weighted by Gasteiger charge is -2.02. The molecule has 0 aliphatic heterocycles. The van der Waals surface area contributed by atoms with Crippen LogP contribution >= 0.6 is 0 Å². The van der Waals surface area contributed by atoms with E-state index in [0.29, 0.717) is 5.76 Å². The summed E-state index contributed by atoms with van der Waals surface area (Å²) in [7, 11) is 0.